The quantitative estimate of drug-likeness (QED) is 0.588. The van der Waals surface area contributed by atoms with Crippen LogP contribution in [-0.2, 0) is 4.74 Å². The van der Waals surface area contributed by atoms with Gasteiger partial charge in [0, 0.05) is 0 Å². The van der Waals surface area contributed by atoms with E-state index in [0.717, 1.165) is 5.92 Å². The van der Waals surface area contributed by atoms with Gasteiger partial charge in [-0.15, -0.1) is 13.2 Å². The van der Waals surface area contributed by atoms with Crippen molar-refractivity contribution in [2.75, 3.05) is 6.61 Å². The number of hydrogen-bond acceptors (Lipinski definition) is 1. The van der Waals surface area contributed by atoms with Crippen molar-refractivity contribution >= 4 is 0 Å². The second kappa shape index (κ2) is 4.59. The molecule has 0 rings (SSSR count). The zero-order valence-corrected chi connectivity index (χ0v) is 6.66. The summed E-state index contributed by atoms with van der Waals surface area (Å²) in [4.78, 5) is 0. The van der Waals surface area contributed by atoms with Crippen molar-refractivity contribution in [2.24, 2.45) is 0 Å². The Balaban J connectivity index is 3.15. The van der Waals surface area contributed by atoms with E-state index in [2.05, 4.69) is 4.74 Å². The number of hydrogen-bond donors (Lipinski definition) is 0. The molecular formula is C7H12F3O. The smallest absolute Gasteiger partial charge is 0.292 e. The fourth-order valence-electron chi connectivity index (χ4n) is 0.614. The van der Waals surface area contributed by atoms with E-state index in [1.54, 1.807) is 0 Å². The fraction of sp³-hybridized carbons (Fsp3) is 0.857. The fourth-order valence-corrected chi connectivity index (χ4v) is 0.614. The minimum Gasteiger partial charge on any atom is -0.292 e. The maximum absolute atomic E-state index is 11.4. The van der Waals surface area contributed by atoms with Gasteiger partial charge in [0.15, 0.2) is 0 Å². The van der Waals surface area contributed by atoms with Gasteiger partial charge in [0.05, 0.1) is 6.61 Å². The molecular weight excluding hydrogens is 157 g/mol. The molecule has 0 saturated heterocycles. The highest BCUT2D eigenvalue weighted by Crippen LogP contribution is 2.17. The lowest BCUT2D eigenvalue weighted by molar-refractivity contribution is -0.324. The second-order valence-electron chi connectivity index (χ2n) is 2.60. The molecule has 0 aliphatic rings. The average molecular weight is 169 g/mol. The number of alkyl halides is 3. The van der Waals surface area contributed by atoms with Gasteiger partial charge < -0.3 is 0 Å². The summed E-state index contributed by atoms with van der Waals surface area (Å²) < 4.78 is 37.6. The van der Waals surface area contributed by atoms with Crippen LogP contribution in [-0.4, -0.2) is 13.0 Å². The minimum atomic E-state index is -4.47. The van der Waals surface area contributed by atoms with E-state index in [0.29, 0.717) is 12.8 Å². The first-order valence-corrected chi connectivity index (χ1v) is 3.41. The van der Waals surface area contributed by atoms with Crippen LogP contribution in [0.3, 0.4) is 0 Å². The molecule has 0 saturated carbocycles. The molecule has 1 radical (unpaired) electrons. The molecule has 0 amide bonds. The van der Waals surface area contributed by atoms with Gasteiger partial charge in [-0.2, -0.15) is 0 Å². The van der Waals surface area contributed by atoms with Gasteiger partial charge in [-0.05, 0) is 18.8 Å². The number of halogens is 3. The van der Waals surface area contributed by atoms with Crippen molar-refractivity contribution in [3.8, 4) is 0 Å². The summed E-state index contributed by atoms with van der Waals surface area (Å²) in [5.41, 5.74) is 0. The van der Waals surface area contributed by atoms with E-state index in [1.807, 2.05) is 13.8 Å². The third-order valence-electron chi connectivity index (χ3n) is 1.09. The molecule has 67 valence electrons. The monoisotopic (exact) mass is 169 g/mol. The molecule has 0 N–H and O–H groups in total. The van der Waals surface area contributed by atoms with E-state index in [-0.39, 0.29) is 6.61 Å². The van der Waals surface area contributed by atoms with Crippen LogP contribution in [0.5, 0.6) is 0 Å². The van der Waals surface area contributed by atoms with Crippen LogP contribution >= 0.6 is 0 Å². The summed E-state index contributed by atoms with van der Waals surface area (Å²) in [5, 5.41) is 0. The first-order valence-electron chi connectivity index (χ1n) is 3.41. The molecule has 0 aromatic rings. The second-order valence-corrected chi connectivity index (χ2v) is 2.60. The molecule has 0 heterocycles. The van der Waals surface area contributed by atoms with E-state index < -0.39 is 6.36 Å². The molecule has 0 aromatic carbocycles. The van der Waals surface area contributed by atoms with Gasteiger partial charge in [-0.1, -0.05) is 13.8 Å². The summed E-state index contributed by atoms with van der Waals surface area (Å²) in [6, 6.07) is 0. The summed E-state index contributed by atoms with van der Waals surface area (Å²) >= 11 is 0. The van der Waals surface area contributed by atoms with Crippen LogP contribution in [0.4, 0.5) is 13.2 Å². The minimum absolute atomic E-state index is 0.241. The molecule has 0 aromatic heterocycles. The van der Waals surface area contributed by atoms with Crippen LogP contribution < -0.4 is 0 Å². The molecule has 0 aliphatic heterocycles. The maximum atomic E-state index is 11.4. The van der Waals surface area contributed by atoms with Gasteiger partial charge in [0.25, 0.3) is 0 Å². The van der Waals surface area contributed by atoms with Crippen LogP contribution in [0.25, 0.3) is 0 Å². The van der Waals surface area contributed by atoms with Crippen molar-refractivity contribution in [3.63, 3.8) is 0 Å². The molecule has 0 bridgehead atoms. The summed E-state index contributed by atoms with van der Waals surface area (Å²) in [6.45, 7) is 3.52. The highest BCUT2D eigenvalue weighted by Gasteiger charge is 2.28. The van der Waals surface area contributed by atoms with Crippen molar-refractivity contribution in [1.82, 2.24) is 0 Å². The van der Waals surface area contributed by atoms with Gasteiger partial charge in [-0.25, -0.2) is 0 Å². The Morgan fingerprint density at radius 3 is 2.18 bits per heavy atom. The molecule has 0 fully saturated rings. The predicted molar refractivity (Wildman–Crippen MR) is 35.8 cm³/mol. The molecule has 1 nitrogen and oxygen atoms in total. The lowest BCUT2D eigenvalue weighted by Crippen LogP contribution is -2.14. The topological polar surface area (TPSA) is 9.23 Å². The zero-order chi connectivity index (χ0) is 8.91. The third kappa shape index (κ3) is 9.75. The number of rotatable bonds is 4. The van der Waals surface area contributed by atoms with Crippen LogP contribution in [0, 0.1) is 5.92 Å². The Kier molecular flexibility index (Phi) is 4.49. The van der Waals surface area contributed by atoms with E-state index in [9.17, 15) is 13.2 Å². The maximum Gasteiger partial charge on any atom is 0.522 e. The Bertz CT molecular complexity index is 98.3. The summed E-state index contributed by atoms with van der Waals surface area (Å²) in [6.07, 6.45) is -3.35. The largest absolute Gasteiger partial charge is 0.522 e. The van der Waals surface area contributed by atoms with E-state index in [1.165, 1.54) is 0 Å². The highest BCUT2D eigenvalue weighted by molar-refractivity contribution is 4.75. The Labute approximate surface area is 64.5 Å². The van der Waals surface area contributed by atoms with Crippen molar-refractivity contribution < 1.29 is 17.9 Å². The number of ether oxygens (including phenoxy) is 1. The van der Waals surface area contributed by atoms with Gasteiger partial charge in [0.1, 0.15) is 0 Å². The lowest BCUT2D eigenvalue weighted by atomic mass is 10.1. The third-order valence-corrected chi connectivity index (χ3v) is 1.09. The standard InChI is InChI=1S/C7H12F3O/c1-6(2)4-3-5-11-7(8,9)10/h3-5H2,1-2H3. The molecule has 0 aliphatic carbocycles. The molecule has 4 heteroatoms. The van der Waals surface area contributed by atoms with Crippen molar-refractivity contribution in [1.29, 1.82) is 0 Å². The zero-order valence-electron chi connectivity index (χ0n) is 6.66. The molecule has 0 unspecified atom stereocenters. The van der Waals surface area contributed by atoms with Crippen molar-refractivity contribution in [3.05, 3.63) is 5.92 Å². The van der Waals surface area contributed by atoms with E-state index >= 15 is 0 Å². The molecule has 0 spiro atoms. The van der Waals surface area contributed by atoms with Crippen molar-refractivity contribution in [2.45, 2.75) is 33.1 Å². The van der Waals surface area contributed by atoms with Crippen LogP contribution in [0.15, 0.2) is 0 Å². The Morgan fingerprint density at radius 1 is 1.27 bits per heavy atom. The van der Waals surface area contributed by atoms with E-state index in [4.69, 9.17) is 0 Å². The van der Waals surface area contributed by atoms with Gasteiger partial charge in [-0.3, -0.25) is 4.74 Å². The van der Waals surface area contributed by atoms with Crippen LogP contribution in [0.2, 0.25) is 0 Å². The summed E-state index contributed by atoms with van der Waals surface area (Å²) in [5.74, 6) is 1.12. The first kappa shape index (κ1) is 10.8. The first-order chi connectivity index (χ1) is 4.92. The molecule has 0 atom stereocenters. The van der Waals surface area contributed by atoms with Gasteiger partial charge >= 0.3 is 6.36 Å². The van der Waals surface area contributed by atoms with Crippen LogP contribution in [0.1, 0.15) is 26.7 Å². The Hall–Kier alpha value is -0.250. The highest BCUT2D eigenvalue weighted by atomic mass is 19.4. The van der Waals surface area contributed by atoms with Gasteiger partial charge in [0.2, 0.25) is 0 Å². The lowest BCUT2D eigenvalue weighted by Gasteiger charge is -2.07. The Morgan fingerprint density at radius 2 is 1.82 bits per heavy atom. The summed E-state index contributed by atoms with van der Waals surface area (Å²) in [7, 11) is 0. The normalized spacial score (nSPS) is 12.5. The predicted octanol–water partition coefficient (Wildman–Crippen LogP) is 2.92. The molecule has 11 heavy (non-hydrogen) atoms. The SMILES string of the molecule is C[C](C)CCCOC(F)(F)F. The average Bonchev–Trinajstić information content (AvgIpc) is 1.78.